The molecule has 1 aromatic carbocycles. The van der Waals surface area contributed by atoms with Crippen LogP contribution < -0.4 is 0 Å². The van der Waals surface area contributed by atoms with Gasteiger partial charge in [0.25, 0.3) is 0 Å². The molecule has 1 heterocycles. The van der Waals surface area contributed by atoms with Gasteiger partial charge in [0.15, 0.2) is 0 Å². The summed E-state index contributed by atoms with van der Waals surface area (Å²) in [6.45, 7) is 5.27. The fourth-order valence-electron chi connectivity index (χ4n) is 1.71. The Labute approximate surface area is 139 Å². The molecular weight excluding hydrogens is 444 g/mol. The van der Waals surface area contributed by atoms with Gasteiger partial charge in [0.1, 0.15) is 0 Å². The van der Waals surface area contributed by atoms with Gasteiger partial charge in [-0.05, 0) is 27.2 Å². The Balaban J connectivity index is 0.000000436. The van der Waals surface area contributed by atoms with Crippen LogP contribution >= 0.6 is 0 Å². The SMILES string of the molecule is CC(O)CC(C)O.Cc1nccnc1-c1[c-]cccc1.[Ir]. The first kappa shape index (κ1) is 19.9. The van der Waals surface area contributed by atoms with E-state index in [-0.39, 0.29) is 32.3 Å². The van der Waals surface area contributed by atoms with Crippen LogP contribution in [0.4, 0.5) is 0 Å². The molecule has 0 aliphatic rings. The fourth-order valence-corrected chi connectivity index (χ4v) is 1.71. The molecule has 0 spiro atoms. The van der Waals surface area contributed by atoms with Gasteiger partial charge in [0.2, 0.25) is 0 Å². The maximum atomic E-state index is 8.56. The van der Waals surface area contributed by atoms with Gasteiger partial charge < -0.3 is 15.2 Å². The summed E-state index contributed by atoms with van der Waals surface area (Å²) in [7, 11) is 0. The second-order valence-corrected chi connectivity index (χ2v) is 4.70. The molecule has 2 N–H and O–H groups in total. The van der Waals surface area contributed by atoms with Crippen LogP contribution in [0.5, 0.6) is 0 Å². The standard InChI is InChI=1S/C11H9N2.C5H12O2.Ir/c1-9-11(13-8-7-12-9)10-5-3-2-4-6-10;1-4(6)3-5(2)7;/h2-5,7-8H,1H3;4-7H,3H2,1-2H3;/q-1;;. The number of hydrogen-bond donors (Lipinski definition) is 2. The Morgan fingerprint density at radius 1 is 1.10 bits per heavy atom. The summed E-state index contributed by atoms with van der Waals surface area (Å²) in [5, 5.41) is 17.1. The number of aromatic nitrogens is 2. The van der Waals surface area contributed by atoms with Crippen molar-refractivity contribution in [3.8, 4) is 11.3 Å². The molecule has 1 aromatic heterocycles. The second kappa shape index (κ2) is 10.6. The summed E-state index contributed by atoms with van der Waals surface area (Å²) < 4.78 is 0. The van der Waals surface area contributed by atoms with Crippen LogP contribution in [0.2, 0.25) is 0 Å². The van der Waals surface area contributed by atoms with Crippen LogP contribution in [0, 0.1) is 13.0 Å². The molecule has 117 valence electrons. The monoisotopic (exact) mass is 466 g/mol. The minimum atomic E-state index is -0.375. The van der Waals surface area contributed by atoms with E-state index in [4.69, 9.17) is 10.2 Å². The number of hydrogen-bond acceptors (Lipinski definition) is 4. The van der Waals surface area contributed by atoms with Crippen LogP contribution in [0.1, 0.15) is 26.0 Å². The third-order valence-corrected chi connectivity index (χ3v) is 2.53. The summed E-state index contributed by atoms with van der Waals surface area (Å²) >= 11 is 0. The third kappa shape index (κ3) is 8.02. The first-order chi connectivity index (χ1) is 9.50. The third-order valence-electron chi connectivity index (χ3n) is 2.53. The molecule has 2 rings (SSSR count). The summed E-state index contributed by atoms with van der Waals surface area (Å²) in [5.41, 5.74) is 2.83. The van der Waals surface area contributed by atoms with Crippen molar-refractivity contribution in [3.63, 3.8) is 0 Å². The molecule has 0 saturated carbocycles. The molecule has 0 fully saturated rings. The van der Waals surface area contributed by atoms with Gasteiger partial charge in [-0.15, -0.1) is 35.9 Å². The largest absolute Gasteiger partial charge is 0.393 e. The molecule has 2 unspecified atom stereocenters. The Kier molecular flexibility index (Phi) is 10.0. The van der Waals surface area contributed by atoms with Gasteiger partial charge in [-0.1, -0.05) is 0 Å². The minimum Gasteiger partial charge on any atom is -0.393 e. The summed E-state index contributed by atoms with van der Waals surface area (Å²) in [4.78, 5) is 8.43. The first-order valence-electron chi connectivity index (χ1n) is 6.61. The van der Waals surface area contributed by atoms with Gasteiger partial charge in [0, 0.05) is 43.9 Å². The van der Waals surface area contributed by atoms with Gasteiger partial charge in [-0.3, -0.25) is 4.98 Å². The average Bonchev–Trinajstić information content (AvgIpc) is 2.39. The molecule has 2 atom stereocenters. The molecule has 0 saturated heterocycles. The number of nitrogens with zero attached hydrogens (tertiary/aromatic N) is 2. The zero-order valence-corrected chi connectivity index (χ0v) is 14.8. The van der Waals surface area contributed by atoms with Crippen molar-refractivity contribution < 1.29 is 30.3 Å². The number of aliphatic hydroxyl groups is 2. The fraction of sp³-hybridized carbons (Fsp3) is 0.375. The second-order valence-electron chi connectivity index (χ2n) is 4.70. The molecule has 4 nitrogen and oxygen atoms in total. The summed E-state index contributed by atoms with van der Waals surface area (Å²) in [6.07, 6.45) is 3.12. The Hall–Kier alpha value is -1.13. The predicted octanol–water partition coefficient (Wildman–Crippen LogP) is 2.39. The van der Waals surface area contributed by atoms with E-state index in [0.717, 1.165) is 17.0 Å². The Morgan fingerprint density at radius 2 is 1.71 bits per heavy atom. The first-order valence-corrected chi connectivity index (χ1v) is 6.61. The van der Waals surface area contributed by atoms with Crippen LogP contribution in [0.3, 0.4) is 0 Å². The molecule has 5 heteroatoms. The molecule has 21 heavy (non-hydrogen) atoms. The Morgan fingerprint density at radius 3 is 2.14 bits per heavy atom. The minimum absolute atomic E-state index is 0. The summed E-state index contributed by atoms with van der Waals surface area (Å²) in [5.74, 6) is 0. The van der Waals surface area contributed by atoms with Crippen LogP contribution in [-0.4, -0.2) is 32.4 Å². The molecule has 0 aliphatic carbocycles. The van der Waals surface area contributed by atoms with Crippen molar-refractivity contribution in [1.82, 2.24) is 9.97 Å². The number of aryl methyl sites for hydroxylation is 1. The maximum absolute atomic E-state index is 8.56. The van der Waals surface area contributed by atoms with Crippen molar-refractivity contribution in [2.45, 2.75) is 39.4 Å². The van der Waals surface area contributed by atoms with Crippen molar-refractivity contribution in [2.75, 3.05) is 0 Å². The predicted molar refractivity (Wildman–Crippen MR) is 79.0 cm³/mol. The van der Waals surface area contributed by atoms with Gasteiger partial charge in [0.05, 0.1) is 12.2 Å². The van der Waals surface area contributed by atoms with E-state index in [1.807, 2.05) is 31.2 Å². The van der Waals surface area contributed by atoms with E-state index in [2.05, 4.69) is 16.0 Å². The number of aliphatic hydroxyl groups excluding tert-OH is 2. The number of rotatable bonds is 3. The topological polar surface area (TPSA) is 66.2 Å². The zero-order valence-electron chi connectivity index (χ0n) is 12.4. The van der Waals surface area contributed by atoms with E-state index >= 15 is 0 Å². The molecule has 1 radical (unpaired) electrons. The van der Waals surface area contributed by atoms with E-state index in [0.29, 0.717) is 6.42 Å². The van der Waals surface area contributed by atoms with Gasteiger partial charge >= 0.3 is 0 Å². The quantitative estimate of drug-likeness (QED) is 0.684. The molecule has 2 aromatic rings. The average molecular weight is 466 g/mol. The van der Waals surface area contributed by atoms with Crippen molar-refractivity contribution in [2.24, 2.45) is 0 Å². The maximum Gasteiger partial charge on any atom is 0.0536 e. The molecular formula is C16H21IrN2O2-. The van der Waals surface area contributed by atoms with Crippen LogP contribution in [-0.2, 0) is 20.1 Å². The zero-order chi connectivity index (χ0) is 15.0. The van der Waals surface area contributed by atoms with Crippen molar-refractivity contribution in [1.29, 1.82) is 0 Å². The normalized spacial score (nSPS) is 12.4. The molecule has 0 aliphatic heterocycles. The van der Waals surface area contributed by atoms with Crippen LogP contribution in [0.25, 0.3) is 11.3 Å². The van der Waals surface area contributed by atoms with E-state index in [1.165, 1.54) is 0 Å². The van der Waals surface area contributed by atoms with E-state index < -0.39 is 0 Å². The van der Waals surface area contributed by atoms with E-state index in [9.17, 15) is 0 Å². The summed E-state index contributed by atoms with van der Waals surface area (Å²) in [6, 6.07) is 10.9. The van der Waals surface area contributed by atoms with Gasteiger partial charge in [-0.2, -0.15) is 0 Å². The van der Waals surface area contributed by atoms with Crippen molar-refractivity contribution in [3.05, 3.63) is 48.4 Å². The Bertz CT molecular complexity index is 499. The van der Waals surface area contributed by atoms with Crippen LogP contribution in [0.15, 0.2) is 36.7 Å². The number of benzene rings is 1. The van der Waals surface area contributed by atoms with Gasteiger partial charge in [-0.25, -0.2) is 0 Å². The molecule has 0 bridgehead atoms. The van der Waals surface area contributed by atoms with E-state index in [1.54, 1.807) is 26.2 Å². The van der Waals surface area contributed by atoms with Crippen molar-refractivity contribution >= 4 is 0 Å². The smallest absolute Gasteiger partial charge is 0.0536 e. The molecule has 0 amide bonds.